The highest BCUT2D eigenvalue weighted by molar-refractivity contribution is 7.85. The van der Waals surface area contributed by atoms with Crippen LogP contribution in [0.5, 0.6) is 0 Å². The Labute approximate surface area is 204 Å². The summed E-state index contributed by atoms with van der Waals surface area (Å²) in [5.74, 6) is 0.820. The highest BCUT2D eigenvalue weighted by Gasteiger charge is 2.19. The minimum atomic E-state index is -4.27. The zero-order valence-electron chi connectivity index (χ0n) is 21.1. The van der Waals surface area contributed by atoms with Crippen LogP contribution in [-0.4, -0.2) is 50.0 Å². The zero-order chi connectivity index (χ0) is 24.3. The molecule has 32 heavy (non-hydrogen) atoms. The Morgan fingerprint density at radius 3 is 1.56 bits per heavy atom. The van der Waals surface area contributed by atoms with Crippen LogP contribution in [-0.2, 0) is 10.1 Å². The summed E-state index contributed by atoms with van der Waals surface area (Å²) in [6.07, 6.45) is 16.6. The van der Waals surface area contributed by atoms with E-state index >= 15 is 0 Å². The Hall–Kier alpha value is -0.620. The van der Waals surface area contributed by atoms with Gasteiger partial charge in [0.2, 0.25) is 0 Å². The van der Waals surface area contributed by atoms with Gasteiger partial charge in [0.1, 0.15) is 10.1 Å². The van der Waals surface area contributed by atoms with E-state index in [9.17, 15) is 13.0 Å². The van der Waals surface area contributed by atoms with Crippen LogP contribution in [0.25, 0.3) is 0 Å². The normalized spacial score (nSPS) is 13.3. The molecule has 0 aromatic heterocycles. The molecule has 1 atom stereocenters. The van der Waals surface area contributed by atoms with Gasteiger partial charge in [0.15, 0.2) is 0 Å². The summed E-state index contributed by atoms with van der Waals surface area (Å²) >= 11 is 5.92. The first kappa shape index (κ1) is 31.4. The maximum absolute atomic E-state index is 10.4. The van der Waals surface area contributed by atoms with Crippen molar-refractivity contribution in [2.45, 2.75) is 103 Å². The first-order valence-electron chi connectivity index (χ1n) is 12.6. The van der Waals surface area contributed by atoms with Crippen LogP contribution in [0.15, 0.2) is 29.2 Å². The number of hydrogen-bond acceptors (Lipinski definition) is 3. The summed E-state index contributed by atoms with van der Waals surface area (Å²) in [4.78, 5) is -0.178. The molecule has 0 spiro atoms. The molecule has 0 amide bonds. The number of quaternary nitrogens is 1. The van der Waals surface area contributed by atoms with E-state index in [-0.39, 0.29) is 4.90 Å². The van der Waals surface area contributed by atoms with Gasteiger partial charge in [0, 0.05) is 12.3 Å². The number of aryl methyl sites for hydroxylation is 1. The number of hydrogen-bond donors (Lipinski definition) is 0. The molecule has 0 N–H and O–H groups in total. The third-order valence-corrected chi connectivity index (χ3v) is 7.11. The Morgan fingerprint density at radius 2 is 1.16 bits per heavy atom. The van der Waals surface area contributed by atoms with Gasteiger partial charge in [-0.3, -0.25) is 0 Å². The molecule has 1 aromatic rings. The van der Waals surface area contributed by atoms with E-state index in [1.807, 2.05) is 6.92 Å². The molecular formula is C26H48ClNO3S. The topological polar surface area (TPSA) is 57.2 Å². The number of unbranched alkanes of at least 4 members (excludes halogenated alkanes) is 9. The maximum Gasteiger partial charge on any atom is 0.124 e. The molecule has 1 aromatic carbocycles. The van der Waals surface area contributed by atoms with Gasteiger partial charge in [-0.15, -0.1) is 11.6 Å². The van der Waals surface area contributed by atoms with Gasteiger partial charge in [-0.1, -0.05) is 76.5 Å². The van der Waals surface area contributed by atoms with Gasteiger partial charge in [0.05, 0.1) is 31.6 Å². The van der Waals surface area contributed by atoms with Crippen molar-refractivity contribution in [1.82, 2.24) is 0 Å². The Morgan fingerprint density at radius 1 is 0.750 bits per heavy atom. The Kier molecular flexibility index (Phi) is 18.4. The third kappa shape index (κ3) is 16.9. The number of alkyl halides is 1. The molecule has 6 heteroatoms. The molecule has 188 valence electrons. The van der Waals surface area contributed by atoms with E-state index in [4.69, 9.17) is 11.6 Å². The van der Waals surface area contributed by atoms with Crippen molar-refractivity contribution in [3.05, 3.63) is 29.8 Å². The predicted molar refractivity (Wildman–Crippen MR) is 137 cm³/mol. The summed E-state index contributed by atoms with van der Waals surface area (Å²) in [7, 11) is -1.81. The second-order valence-corrected chi connectivity index (χ2v) is 11.0. The van der Waals surface area contributed by atoms with E-state index < -0.39 is 10.1 Å². The largest absolute Gasteiger partial charge is 0.744 e. The molecule has 0 aliphatic heterocycles. The molecule has 0 bridgehead atoms. The van der Waals surface area contributed by atoms with Crippen molar-refractivity contribution in [3.63, 3.8) is 0 Å². The average Bonchev–Trinajstić information content (AvgIpc) is 2.75. The minimum absolute atomic E-state index is 0.178. The number of halogens is 1. The van der Waals surface area contributed by atoms with Crippen molar-refractivity contribution >= 4 is 21.7 Å². The van der Waals surface area contributed by atoms with Crippen molar-refractivity contribution in [3.8, 4) is 0 Å². The van der Waals surface area contributed by atoms with Crippen LogP contribution in [0.2, 0.25) is 0 Å². The molecule has 0 saturated carbocycles. The smallest absolute Gasteiger partial charge is 0.124 e. The fourth-order valence-electron chi connectivity index (χ4n) is 3.85. The SMILES string of the molecule is CCCCCCCC[N+](C)(CCCCl)CCCCCCC.Cc1ccc(S(=O)(=O)[O-])cc1. The summed E-state index contributed by atoms with van der Waals surface area (Å²) in [5, 5.41) is 0. The molecule has 0 aliphatic carbocycles. The molecule has 1 unspecified atom stereocenters. The van der Waals surface area contributed by atoms with Gasteiger partial charge >= 0.3 is 0 Å². The van der Waals surface area contributed by atoms with Gasteiger partial charge in [-0.05, 0) is 44.7 Å². The molecule has 0 heterocycles. The van der Waals surface area contributed by atoms with E-state index in [1.165, 1.54) is 113 Å². The van der Waals surface area contributed by atoms with Crippen LogP contribution >= 0.6 is 11.6 Å². The van der Waals surface area contributed by atoms with Gasteiger partial charge in [-0.2, -0.15) is 0 Å². The predicted octanol–water partition coefficient (Wildman–Crippen LogP) is 7.29. The molecule has 0 radical (unpaired) electrons. The molecule has 0 fully saturated rings. The lowest BCUT2D eigenvalue weighted by Gasteiger charge is -2.35. The average molecular weight is 490 g/mol. The lowest BCUT2D eigenvalue weighted by Crippen LogP contribution is -2.46. The number of benzene rings is 1. The van der Waals surface area contributed by atoms with E-state index in [0.29, 0.717) is 0 Å². The summed E-state index contributed by atoms with van der Waals surface area (Å²) in [6, 6.07) is 5.78. The van der Waals surface area contributed by atoms with Gasteiger partial charge in [0.25, 0.3) is 0 Å². The summed E-state index contributed by atoms with van der Waals surface area (Å²) in [5.41, 5.74) is 0.928. The Bertz CT molecular complexity index is 664. The minimum Gasteiger partial charge on any atom is -0.744 e. The number of nitrogens with zero attached hydrogens (tertiary/aromatic N) is 1. The fraction of sp³-hybridized carbons (Fsp3) is 0.769. The van der Waals surface area contributed by atoms with Crippen molar-refractivity contribution in [1.29, 1.82) is 0 Å². The standard InChI is InChI=1S/C19H41ClN.C7H8O3S/c1-4-6-8-10-12-14-18-21(3,19-15-16-20)17-13-11-9-7-5-2;1-6-2-4-7(5-3-6)11(8,9)10/h4-19H2,1-3H3;2-5H,1H3,(H,8,9,10)/q+1;/p-1. The lowest BCUT2D eigenvalue weighted by atomic mass is 10.1. The van der Waals surface area contributed by atoms with Crippen molar-refractivity contribution in [2.75, 3.05) is 32.6 Å². The van der Waals surface area contributed by atoms with Crippen molar-refractivity contribution in [2.24, 2.45) is 0 Å². The lowest BCUT2D eigenvalue weighted by molar-refractivity contribution is -0.910. The fourth-order valence-corrected chi connectivity index (χ4v) is 4.44. The molecular weight excluding hydrogens is 442 g/mol. The molecule has 1 rings (SSSR count). The van der Waals surface area contributed by atoms with Crippen LogP contribution in [0.3, 0.4) is 0 Å². The highest BCUT2D eigenvalue weighted by atomic mass is 35.5. The van der Waals surface area contributed by atoms with E-state index in [0.717, 1.165) is 11.4 Å². The maximum atomic E-state index is 10.4. The first-order chi connectivity index (χ1) is 15.2. The van der Waals surface area contributed by atoms with Crippen LogP contribution in [0.1, 0.15) is 96.5 Å². The molecule has 0 aliphatic rings. The van der Waals surface area contributed by atoms with E-state index in [1.54, 1.807) is 12.1 Å². The Balaban J connectivity index is 0.000000726. The van der Waals surface area contributed by atoms with E-state index in [2.05, 4.69) is 20.9 Å². The quantitative estimate of drug-likeness (QED) is 0.0998. The summed E-state index contributed by atoms with van der Waals surface area (Å²) < 4.78 is 32.4. The van der Waals surface area contributed by atoms with Crippen LogP contribution in [0, 0.1) is 6.92 Å². The summed E-state index contributed by atoms with van der Waals surface area (Å²) in [6.45, 7) is 10.4. The monoisotopic (exact) mass is 489 g/mol. The van der Waals surface area contributed by atoms with Crippen LogP contribution < -0.4 is 0 Å². The second kappa shape index (κ2) is 18.8. The van der Waals surface area contributed by atoms with Crippen molar-refractivity contribution < 1.29 is 17.5 Å². The third-order valence-electron chi connectivity index (χ3n) is 5.99. The highest BCUT2D eigenvalue weighted by Crippen LogP contribution is 2.14. The first-order valence-corrected chi connectivity index (χ1v) is 14.5. The van der Waals surface area contributed by atoms with Gasteiger partial charge < -0.3 is 9.04 Å². The molecule has 4 nitrogen and oxygen atoms in total. The van der Waals surface area contributed by atoms with Crippen LogP contribution in [0.4, 0.5) is 0 Å². The zero-order valence-corrected chi connectivity index (χ0v) is 22.7. The molecule has 0 saturated heterocycles. The second-order valence-electron chi connectivity index (χ2n) is 9.28. The van der Waals surface area contributed by atoms with Gasteiger partial charge in [-0.25, -0.2) is 8.42 Å². The number of rotatable bonds is 17.